The SMILES string of the molecule is CCC(C)C(NS(=O)(=O)c1ccc2c(c1)C(C)(C)C(=O)N2C)C(=O)O. The van der Waals surface area contributed by atoms with E-state index in [0.717, 1.165) is 0 Å². The molecule has 7 nitrogen and oxygen atoms in total. The lowest BCUT2D eigenvalue weighted by Crippen LogP contribution is -2.44. The first-order chi connectivity index (χ1) is 11.4. The molecule has 1 heterocycles. The number of amides is 1. The van der Waals surface area contributed by atoms with Crippen molar-refractivity contribution in [1.82, 2.24) is 4.72 Å². The molecule has 2 atom stereocenters. The molecular formula is C17H24N2O5S. The van der Waals surface area contributed by atoms with E-state index >= 15 is 0 Å². The summed E-state index contributed by atoms with van der Waals surface area (Å²) in [5.74, 6) is -1.69. The Balaban J connectivity index is 2.44. The summed E-state index contributed by atoms with van der Waals surface area (Å²) in [6.07, 6.45) is 0.524. The topological polar surface area (TPSA) is 104 Å². The second-order valence-electron chi connectivity index (χ2n) is 6.99. The van der Waals surface area contributed by atoms with Gasteiger partial charge in [0.15, 0.2) is 0 Å². The second kappa shape index (κ2) is 6.42. The molecular weight excluding hydrogens is 344 g/mol. The molecule has 1 aliphatic heterocycles. The molecule has 138 valence electrons. The molecule has 2 N–H and O–H groups in total. The van der Waals surface area contributed by atoms with Gasteiger partial charge in [0.05, 0.1) is 10.3 Å². The molecule has 1 aliphatic rings. The number of aliphatic carboxylic acids is 1. The van der Waals surface area contributed by atoms with Crippen LogP contribution in [0, 0.1) is 5.92 Å². The first-order valence-electron chi connectivity index (χ1n) is 8.11. The highest BCUT2D eigenvalue weighted by Gasteiger charge is 2.43. The van der Waals surface area contributed by atoms with Gasteiger partial charge in [-0.3, -0.25) is 9.59 Å². The molecule has 0 saturated carbocycles. The van der Waals surface area contributed by atoms with Gasteiger partial charge in [0.25, 0.3) is 0 Å². The minimum atomic E-state index is -4.03. The van der Waals surface area contributed by atoms with Gasteiger partial charge >= 0.3 is 5.97 Å². The van der Waals surface area contributed by atoms with Crippen LogP contribution in [0.15, 0.2) is 23.1 Å². The molecule has 0 saturated heterocycles. The van der Waals surface area contributed by atoms with Crippen molar-refractivity contribution < 1.29 is 23.1 Å². The Morgan fingerprint density at radius 2 is 1.96 bits per heavy atom. The van der Waals surface area contributed by atoms with E-state index < -0.39 is 27.4 Å². The molecule has 8 heteroatoms. The highest BCUT2D eigenvalue weighted by Crippen LogP contribution is 2.41. The van der Waals surface area contributed by atoms with Crippen molar-refractivity contribution in [2.75, 3.05) is 11.9 Å². The van der Waals surface area contributed by atoms with Crippen LogP contribution < -0.4 is 9.62 Å². The lowest BCUT2D eigenvalue weighted by Gasteiger charge is -2.21. The number of carboxylic acids is 1. The molecule has 2 unspecified atom stereocenters. The van der Waals surface area contributed by atoms with Crippen molar-refractivity contribution in [3.63, 3.8) is 0 Å². The maximum Gasteiger partial charge on any atom is 0.322 e. The van der Waals surface area contributed by atoms with E-state index in [-0.39, 0.29) is 16.7 Å². The number of hydrogen-bond donors (Lipinski definition) is 2. The number of benzene rings is 1. The van der Waals surface area contributed by atoms with Crippen LogP contribution in [0.3, 0.4) is 0 Å². The van der Waals surface area contributed by atoms with Crippen LogP contribution in [0.5, 0.6) is 0 Å². The molecule has 0 fully saturated rings. The zero-order chi connectivity index (χ0) is 19.2. The van der Waals surface area contributed by atoms with Crippen molar-refractivity contribution in [1.29, 1.82) is 0 Å². The molecule has 0 radical (unpaired) electrons. The molecule has 0 spiro atoms. The smallest absolute Gasteiger partial charge is 0.322 e. The lowest BCUT2D eigenvalue weighted by molar-refractivity contribution is -0.140. The summed E-state index contributed by atoms with van der Waals surface area (Å²) in [6, 6.07) is 3.21. The molecule has 0 aliphatic carbocycles. The zero-order valence-corrected chi connectivity index (χ0v) is 15.8. The Kier molecular flexibility index (Phi) is 4.98. The summed E-state index contributed by atoms with van der Waals surface area (Å²) in [6.45, 7) is 6.95. The number of nitrogens with one attached hydrogen (secondary N) is 1. The number of rotatable bonds is 6. The Hall–Kier alpha value is -1.93. The first kappa shape index (κ1) is 19.4. The second-order valence-corrected chi connectivity index (χ2v) is 8.70. The van der Waals surface area contributed by atoms with E-state index in [1.807, 2.05) is 0 Å². The van der Waals surface area contributed by atoms with Crippen LogP contribution in [0.2, 0.25) is 0 Å². The Morgan fingerprint density at radius 1 is 1.36 bits per heavy atom. The number of nitrogens with zero attached hydrogens (tertiary/aromatic N) is 1. The van der Waals surface area contributed by atoms with Gasteiger partial charge in [-0.25, -0.2) is 8.42 Å². The van der Waals surface area contributed by atoms with Crippen molar-refractivity contribution >= 4 is 27.6 Å². The van der Waals surface area contributed by atoms with E-state index in [9.17, 15) is 23.1 Å². The highest BCUT2D eigenvalue weighted by atomic mass is 32.2. The summed E-state index contributed by atoms with van der Waals surface area (Å²) in [4.78, 5) is 25.2. The third-order valence-electron chi connectivity index (χ3n) is 4.91. The summed E-state index contributed by atoms with van der Waals surface area (Å²) in [5, 5.41) is 9.31. The average molecular weight is 368 g/mol. The van der Waals surface area contributed by atoms with Crippen LogP contribution in [-0.4, -0.2) is 38.5 Å². The minimum Gasteiger partial charge on any atom is -0.480 e. The maximum absolute atomic E-state index is 12.7. The van der Waals surface area contributed by atoms with E-state index in [1.165, 1.54) is 17.0 Å². The number of likely N-dealkylation sites (N-methyl/N-ethyl adjacent to an activating group) is 1. The van der Waals surface area contributed by atoms with Crippen LogP contribution >= 0.6 is 0 Å². The van der Waals surface area contributed by atoms with Crippen LogP contribution in [0.25, 0.3) is 0 Å². The Morgan fingerprint density at radius 3 is 2.48 bits per heavy atom. The fourth-order valence-electron chi connectivity index (χ4n) is 3.00. The standard InChI is InChI=1S/C17H24N2O5S/c1-6-10(2)14(15(20)21)18-25(23,24)11-7-8-13-12(9-11)17(3,4)16(22)19(13)5/h7-10,14,18H,6H2,1-5H3,(H,20,21). The van der Waals surface area contributed by atoms with E-state index in [0.29, 0.717) is 17.7 Å². The van der Waals surface area contributed by atoms with Gasteiger partial charge in [0.2, 0.25) is 15.9 Å². The van der Waals surface area contributed by atoms with Gasteiger partial charge in [-0.15, -0.1) is 0 Å². The average Bonchev–Trinajstić information content (AvgIpc) is 2.72. The van der Waals surface area contributed by atoms with Gasteiger partial charge in [-0.05, 0) is 43.5 Å². The van der Waals surface area contributed by atoms with Crippen LogP contribution in [0.1, 0.15) is 39.7 Å². The number of carboxylic acid groups (broad SMARTS) is 1. The molecule has 0 bridgehead atoms. The minimum absolute atomic E-state index is 0.0445. The van der Waals surface area contributed by atoms with Gasteiger partial charge < -0.3 is 10.0 Å². The van der Waals surface area contributed by atoms with Crippen molar-refractivity contribution in [3.8, 4) is 0 Å². The number of anilines is 1. The number of sulfonamides is 1. The molecule has 1 aromatic carbocycles. The maximum atomic E-state index is 12.7. The predicted molar refractivity (Wildman–Crippen MR) is 94.1 cm³/mol. The highest BCUT2D eigenvalue weighted by molar-refractivity contribution is 7.89. The quantitative estimate of drug-likeness (QED) is 0.796. The molecule has 1 amide bonds. The number of fused-ring (bicyclic) bond motifs is 1. The Labute approximate surface area is 148 Å². The van der Waals surface area contributed by atoms with Gasteiger partial charge in [-0.1, -0.05) is 20.3 Å². The fraction of sp³-hybridized carbons (Fsp3) is 0.529. The summed E-state index contributed by atoms with van der Waals surface area (Å²) >= 11 is 0. The van der Waals surface area contributed by atoms with Crippen molar-refractivity contribution in [3.05, 3.63) is 23.8 Å². The lowest BCUT2D eigenvalue weighted by atomic mass is 9.86. The van der Waals surface area contributed by atoms with E-state index in [4.69, 9.17) is 0 Å². The van der Waals surface area contributed by atoms with Gasteiger partial charge in [0, 0.05) is 12.7 Å². The van der Waals surface area contributed by atoms with Crippen molar-refractivity contribution in [2.24, 2.45) is 5.92 Å². The predicted octanol–water partition coefficient (Wildman–Crippen LogP) is 1.72. The molecule has 25 heavy (non-hydrogen) atoms. The van der Waals surface area contributed by atoms with E-state index in [2.05, 4.69) is 4.72 Å². The normalized spacial score (nSPS) is 18.8. The van der Waals surface area contributed by atoms with Crippen molar-refractivity contribution in [2.45, 2.75) is 50.5 Å². The zero-order valence-electron chi connectivity index (χ0n) is 15.0. The number of carbonyl (C=O) groups excluding carboxylic acids is 1. The monoisotopic (exact) mass is 368 g/mol. The van der Waals surface area contributed by atoms with Crippen LogP contribution in [0.4, 0.5) is 5.69 Å². The Bertz CT molecular complexity index is 816. The molecule has 2 rings (SSSR count). The van der Waals surface area contributed by atoms with Crippen LogP contribution in [-0.2, 0) is 25.0 Å². The number of hydrogen-bond acceptors (Lipinski definition) is 4. The van der Waals surface area contributed by atoms with Gasteiger partial charge in [0.1, 0.15) is 6.04 Å². The number of carbonyl (C=O) groups is 2. The third kappa shape index (κ3) is 3.28. The third-order valence-corrected chi connectivity index (χ3v) is 6.35. The summed E-state index contributed by atoms with van der Waals surface area (Å²) in [7, 11) is -2.38. The first-order valence-corrected chi connectivity index (χ1v) is 9.59. The summed E-state index contributed by atoms with van der Waals surface area (Å²) < 4.78 is 27.6. The molecule has 0 aromatic heterocycles. The summed E-state index contributed by atoms with van der Waals surface area (Å²) in [5.41, 5.74) is 0.433. The molecule has 1 aromatic rings. The largest absolute Gasteiger partial charge is 0.480 e. The van der Waals surface area contributed by atoms with E-state index in [1.54, 1.807) is 40.8 Å². The fourth-order valence-corrected chi connectivity index (χ4v) is 4.32. The van der Waals surface area contributed by atoms with Gasteiger partial charge in [-0.2, -0.15) is 4.72 Å².